The molecule has 1 aliphatic heterocycles. The number of carbonyl (C=O) groups is 2. The Balaban J connectivity index is 1.85. The van der Waals surface area contributed by atoms with Crippen LogP contribution >= 0.6 is 22.9 Å². The van der Waals surface area contributed by atoms with Gasteiger partial charge in [0.05, 0.1) is 11.3 Å². The lowest BCUT2D eigenvalue weighted by Gasteiger charge is -2.18. The maximum atomic E-state index is 13.3. The Morgan fingerprint density at radius 3 is 2.43 bits per heavy atom. The lowest BCUT2D eigenvalue weighted by atomic mass is 10.1. The molecule has 1 aliphatic rings. The van der Waals surface area contributed by atoms with Crippen LogP contribution < -0.4 is 10.2 Å². The Labute approximate surface area is 172 Å². The SMILES string of the molecule is Cc1ccccc1NC1=C(c2cccs2)C(=O)N(c2cccc(Cl)c2C)C1=O. The van der Waals surface area contributed by atoms with E-state index in [0.29, 0.717) is 21.8 Å². The largest absolute Gasteiger partial charge is 0.350 e. The van der Waals surface area contributed by atoms with Gasteiger partial charge in [-0.05, 0) is 54.6 Å². The second-order valence-corrected chi connectivity index (χ2v) is 7.85. The molecule has 0 atom stereocenters. The van der Waals surface area contributed by atoms with Gasteiger partial charge in [0, 0.05) is 15.6 Å². The monoisotopic (exact) mass is 408 g/mol. The van der Waals surface area contributed by atoms with Crippen molar-refractivity contribution in [1.29, 1.82) is 0 Å². The standard InChI is InChI=1S/C22H17ClN2O2S/c1-13-7-3-4-9-16(13)24-20-19(18-11-6-12-28-18)21(26)25(22(20)27)17-10-5-8-15(23)14(17)2/h3-12,24H,1-2H3. The minimum absolute atomic E-state index is 0.279. The van der Waals surface area contributed by atoms with Crippen LogP contribution in [0.4, 0.5) is 11.4 Å². The zero-order chi connectivity index (χ0) is 19.8. The predicted molar refractivity (Wildman–Crippen MR) is 115 cm³/mol. The highest BCUT2D eigenvalue weighted by Gasteiger charge is 2.41. The smallest absolute Gasteiger partial charge is 0.282 e. The number of anilines is 2. The summed E-state index contributed by atoms with van der Waals surface area (Å²) in [5.74, 6) is -0.740. The Kier molecular flexibility index (Phi) is 4.79. The Hall–Kier alpha value is -2.89. The van der Waals surface area contributed by atoms with Crippen molar-refractivity contribution in [1.82, 2.24) is 0 Å². The van der Waals surface area contributed by atoms with Gasteiger partial charge in [-0.25, -0.2) is 4.90 Å². The maximum absolute atomic E-state index is 13.3. The Bertz CT molecular complexity index is 1120. The van der Waals surface area contributed by atoms with E-state index in [4.69, 9.17) is 11.6 Å². The van der Waals surface area contributed by atoms with E-state index < -0.39 is 0 Å². The van der Waals surface area contributed by atoms with Gasteiger partial charge in [0.25, 0.3) is 11.8 Å². The fourth-order valence-electron chi connectivity index (χ4n) is 3.20. The molecule has 2 aromatic carbocycles. The normalized spacial score (nSPS) is 14.2. The molecule has 0 saturated carbocycles. The summed E-state index contributed by atoms with van der Waals surface area (Å²) >= 11 is 7.66. The molecule has 2 heterocycles. The molecule has 0 unspecified atom stereocenters. The molecule has 1 aromatic heterocycles. The second-order valence-electron chi connectivity index (χ2n) is 6.50. The first-order valence-electron chi connectivity index (χ1n) is 8.73. The van der Waals surface area contributed by atoms with Crippen LogP contribution in [0.2, 0.25) is 5.02 Å². The molecule has 4 rings (SSSR count). The minimum Gasteiger partial charge on any atom is -0.350 e. The van der Waals surface area contributed by atoms with Gasteiger partial charge in [-0.3, -0.25) is 9.59 Å². The summed E-state index contributed by atoms with van der Waals surface area (Å²) in [7, 11) is 0. The number of benzene rings is 2. The second kappa shape index (κ2) is 7.26. The number of hydrogen-bond donors (Lipinski definition) is 1. The first-order valence-corrected chi connectivity index (χ1v) is 9.99. The van der Waals surface area contributed by atoms with E-state index in [1.165, 1.54) is 16.2 Å². The fourth-order valence-corrected chi connectivity index (χ4v) is 4.14. The van der Waals surface area contributed by atoms with Gasteiger partial charge < -0.3 is 5.32 Å². The molecule has 28 heavy (non-hydrogen) atoms. The van der Waals surface area contributed by atoms with Crippen molar-refractivity contribution in [3.63, 3.8) is 0 Å². The number of aryl methyl sites for hydroxylation is 1. The minimum atomic E-state index is -0.387. The van der Waals surface area contributed by atoms with Crippen molar-refractivity contribution in [3.8, 4) is 0 Å². The molecule has 1 N–H and O–H groups in total. The summed E-state index contributed by atoms with van der Waals surface area (Å²) in [6, 6.07) is 16.6. The summed E-state index contributed by atoms with van der Waals surface area (Å²) in [5.41, 5.74) is 3.62. The summed E-state index contributed by atoms with van der Waals surface area (Å²) in [4.78, 5) is 28.6. The van der Waals surface area contributed by atoms with E-state index in [0.717, 1.165) is 16.1 Å². The van der Waals surface area contributed by atoms with Crippen LogP contribution in [-0.4, -0.2) is 11.8 Å². The van der Waals surface area contributed by atoms with E-state index in [2.05, 4.69) is 5.32 Å². The third-order valence-electron chi connectivity index (χ3n) is 4.74. The van der Waals surface area contributed by atoms with Gasteiger partial charge in [-0.2, -0.15) is 0 Å². The molecule has 0 radical (unpaired) electrons. The molecule has 3 aromatic rings. The van der Waals surface area contributed by atoms with Gasteiger partial charge in [0.15, 0.2) is 0 Å². The van der Waals surface area contributed by atoms with Crippen LogP contribution in [-0.2, 0) is 9.59 Å². The van der Waals surface area contributed by atoms with Crippen molar-refractivity contribution in [2.75, 3.05) is 10.2 Å². The quantitative estimate of drug-likeness (QED) is 0.587. The van der Waals surface area contributed by atoms with Crippen LogP contribution in [0, 0.1) is 13.8 Å². The van der Waals surface area contributed by atoms with Gasteiger partial charge in [0.2, 0.25) is 0 Å². The number of rotatable bonds is 4. The first-order chi connectivity index (χ1) is 13.5. The molecule has 0 bridgehead atoms. The highest BCUT2D eigenvalue weighted by molar-refractivity contribution is 7.11. The summed E-state index contributed by atoms with van der Waals surface area (Å²) in [5, 5.41) is 5.60. The molecule has 2 amide bonds. The average Bonchev–Trinajstić information content (AvgIpc) is 3.27. The number of nitrogens with zero attached hydrogens (tertiary/aromatic N) is 1. The van der Waals surface area contributed by atoms with E-state index in [1.54, 1.807) is 25.1 Å². The lowest BCUT2D eigenvalue weighted by molar-refractivity contribution is -0.120. The van der Waals surface area contributed by atoms with Crippen LogP contribution in [0.25, 0.3) is 5.57 Å². The zero-order valence-corrected chi connectivity index (χ0v) is 16.9. The third kappa shape index (κ3) is 3.03. The molecule has 0 spiro atoms. The number of halogens is 1. The van der Waals surface area contributed by atoms with Gasteiger partial charge in [-0.1, -0.05) is 41.9 Å². The Morgan fingerprint density at radius 2 is 1.71 bits per heavy atom. The van der Waals surface area contributed by atoms with Crippen molar-refractivity contribution < 1.29 is 9.59 Å². The lowest BCUT2D eigenvalue weighted by Crippen LogP contribution is -2.33. The highest BCUT2D eigenvalue weighted by Crippen LogP contribution is 2.38. The van der Waals surface area contributed by atoms with E-state index in [-0.39, 0.29) is 17.5 Å². The number of imide groups is 1. The summed E-state index contributed by atoms with van der Waals surface area (Å²) in [6.07, 6.45) is 0. The number of nitrogens with one attached hydrogen (secondary N) is 1. The number of carbonyl (C=O) groups excluding carboxylic acids is 2. The number of thiophene rings is 1. The molecule has 0 saturated heterocycles. The maximum Gasteiger partial charge on any atom is 0.282 e. The van der Waals surface area contributed by atoms with Crippen LogP contribution in [0.1, 0.15) is 16.0 Å². The van der Waals surface area contributed by atoms with Gasteiger partial charge >= 0.3 is 0 Å². The van der Waals surface area contributed by atoms with E-state index >= 15 is 0 Å². The van der Waals surface area contributed by atoms with Crippen LogP contribution in [0.5, 0.6) is 0 Å². The molecule has 0 aliphatic carbocycles. The fraction of sp³-hybridized carbons (Fsp3) is 0.0909. The highest BCUT2D eigenvalue weighted by atomic mass is 35.5. The van der Waals surface area contributed by atoms with Crippen LogP contribution in [0.3, 0.4) is 0 Å². The summed E-state index contributed by atoms with van der Waals surface area (Å²) < 4.78 is 0. The summed E-state index contributed by atoms with van der Waals surface area (Å²) in [6.45, 7) is 3.75. The predicted octanol–water partition coefficient (Wildman–Crippen LogP) is 5.41. The van der Waals surface area contributed by atoms with Crippen molar-refractivity contribution in [3.05, 3.63) is 86.7 Å². The van der Waals surface area contributed by atoms with Crippen molar-refractivity contribution >= 4 is 51.7 Å². The van der Waals surface area contributed by atoms with E-state index in [1.807, 2.05) is 48.7 Å². The Morgan fingerprint density at radius 1 is 0.929 bits per heavy atom. The van der Waals surface area contributed by atoms with Crippen LogP contribution in [0.15, 0.2) is 65.7 Å². The molecule has 6 heteroatoms. The molecular formula is C22H17ClN2O2S. The molecular weight excluding hydrogens is 392 g/mol. The van der Waals surface area contributed by atoms with Crippen molar-refractivity contribution in [2.45, 2.75) is 13.8 Å². The van der Waals surface area contributed by atoms with Crippen molar-refractivity contribution in [2.24, 2.45) is 0 Å². The average molecular weight is 409 g/mol. The molecule has 0 fully saturated rings. The van der Waals surface area contributed by atoms with Gasteiger partial charge in [0.1, 0.15) is 5.70 Å². The number of hydrogen-bond acceptors (Lipinski definition) is 4. The number of para-hydroxylation sites is 1. The topological polar surface area (TPSA) is 49.4 Å². The third-order valence-corrected chi connectivity index (χ3v) is 6.03. The van der Waals surface area contributed by atoms with Gasteiger partial charge in [-0.15, -0.1) is 11.3 Å². The number of amides is 2. The molecule has 4 nitrogen and oxygen atoms in total. The molecule has 140 valence electrons. The zero-order valence-electron chi connectivity index (χ0n) is 15.3. The van der Waals surface area contributed by atoms with E-state index in [9.17, 15) is 9.59 Å². The first kappa shape index (κ1) is 18.5.